The number of fused-ring (bicyclic) bond motifs is 2. The van der Waals surface area contributed by atoms with Crippen LogP contribution >= 0.6 is 11.8 Å². The van der Waals surface area contributed by atoms with Crippen LogP contribution in [0.5, 0.6) is 0 Å². The number of nitrogens with zero attached hydrogens (tertiary/aromatic N) is 5. The lowest BCUT2D eigenvalue weighted by Gasteiger charge is -2.06. The van der Waals surface area contributed by atoms with Crippen LogP contribution in [0.25, 0.3) is 21.9 Å². The van der Waals surface area contributed by atoms with Crippen molar-refractivity contribution >= 4 is 33.7 Å². The van der Waals surface area contributed by atoms with Gasteiger partial charge in [-0.15, -0.1) is 5.10 Å². The number of rotatable bonds is 4. The SMILES string of the molecule is CCn1nnc2c(SCc3cccc4ccccc34)ncnc21. The summed E-state index contributed by atoms with van der Waals surface area (Å²) >= 11 is 1.67. The molecule has 2 aromatic carbocycles. The predicted octanol–water partition coefficient (Wildman–Crippen LogP) is 3.69. The zero-order valence-corrected chi connectivity index (χ0v) is 13.5. The second kappa shape index (κ2) is 5.96. The molecule has 0 fully saturated rings. The molecule has 0 spiro atoms. The van der Waals surface area contributed by atoms with E-state index in [0.29, 0.717) is 0 Å². The molecule has 2 heterocycles. The molecule has 0 N–H and O–H groups in total. The zero-order valence-electron chi connectivity index (χ0n) is 12.7. The Hall–Kier alpha value is -2.47. The number of hydrogen-bond donors (Lipinski definition) is 0. The average Bonchev–Trinajstić information content (AvgIpc) is 3.03. The fraction of sp³-hybridized carbons (Fsp3) is 0.176. The van der Waals surface area contributed by atoms with Crippen molar-refractivity contribution in [2.24, 2.45) is 0 Å². The lowest BCUT2D eigenvalue weighted by Crippen LogP contribution is -1.97. The van der Waals surface area contributed by atoms with Gasteiger partial charge in [-0.05, 0) is 23.3 Å². The number of aryl methyl sites for hydroxylation is 1. The van der Waals surface area contributed by atoms with Crippen molar-refractivity contribution < 1.29 is 0 Å². The lowest BCUT2D eigenvalue weighted by molar-refractivity contribution is 0.641. The monoisotopic (exact) mass is 321 g/mol. The molecule has 0 saturated carbocycles. The minimum Gasteiger partial charge on any atom is -0.227 e. The molecule has 2 aromatic heterocycles. The molecule has 0 atom stereocenters. The standard InChI is InChI=1S/C17H15N5S/c1-2-22-16-15(20-21-22)17(19-11-18-16)23-10-13-8-5-7-12-6-3-4-9-14(12)13/h3-9,11H,2,10H2,1H3. The first-order chi connectivity index (χ1) is 11.4. The quantitative estimate of drug-likeness (QED) is 0.424. The van der Waals surface area contributed by atoms with Gasteiger partial charge in [0, 0.05) is 12.3 Å². The van der Waals surface area contributed by atoms with Crippen molar-refractivity contribution in [2.75, 3.05) is 0 Å². The van der Waals surface area contributed by atoms with Gasteiger partial charge in [0.25, 0.3) is 0 Å². The van der Waals surface area contributed by atoms with Crippen LogP contribution in [0.3, 0.4) is 0 Å². The van der Waals surface area contributed by atoms with Crippen LogP contribution in [-0.4, -0.2) is 25.0 Å². The minimum absolute atomic E-state index is 0.751. The second-order valence-corrected chi connectivity index (χ2v) is 6.15. The van der Waals surface area contributed by atoms with E-state index in [9.17, 15) is 0 Å². The average molecular weight is 321 g/mol. The van der Waals surface area contributed by atoms with E-state index in [1.807, 2.05) is 6.92 Å². The van der Waals surface area contributed by atoms with Crippen molar-refractivity contribution in [3.63, 3.8) is 0 Å². The summed E-state index contributed by atoms with van der Waals surface area (Å²) in [5, 5.41) is 11.8. The molecule has 0 aliphatic carbocycles. The number of benzene rings is 2. The topological polar surface area (TPSA) is 56.5 Å². The molecule has 0 aliphatic heterocycles. The van der Waals surface area contributed by atoms with E-state index in [1.54, 1.807) is 22.8 Å². The Labute approximate surface area is 137 Å². The largest absolute Gasteiger partial charge is 0.227 e. The lowest BCUT2D eigenvalue weighted by atomic mass is 10.1. The van der Waals surface area contributed by atoms with Crippen molar-refractivity contribution in [1.29, 1.82) is 0 Å². The van der Waals surface area contributed by atoms with E-state index in [2.05, 4.69) is 62.7 Å². The molecule has 0 radical (unpaired) electrons. The molecule has 23 heavy (non-hydrogen) atoms. The van der Waals surface area contributed by atoms with Gasteiger partial charge in [-0.2, -0.15) is 0 Å². The van der Waals surface area contributed by atoms with E-state index in [1.165, 1.54) is 16.3 Å². The van der Waals surface area contributed by atoms with E-state index < -0.39 is 0 Å². The summed E-state index contributed by atoms with van der Waals surface area (Å²) < 4.78 is 1.79. The molecular weight excluding hydrogens is 306 g/mol. The molecule has 114 valence electrons. The smallest absolute Gasteiger partial charge is 0.182 e. The Bertz CT molecular complexity index is 974. The van der Waals surface area contributed by atoms with Crippen molar-refractivity contribution in [2.45, 2.75) is 24.2 Å². The second-order valence-electron chi connectivity index (χ2n) is 5.18. The normalized spacial score (nSPS) is 11.3. The molecule has 0 amide bonds. The van der Waals surface area contributed by atoms with Crippen LogP contribution in [0.4, 0.5) is 0 Å². The van der Waals surface area contributed by atoms with Gasteiger partial charge in [0.05, 0.1) is 0 Å². The fourth-order valence-corrected chi connectivity index (χ4v) is 3.59. The van der Waals surface area contributed by atoms with Gasteiger partial charge in [-0.3, -0.25) is 0 Å². The van der Waals surface area contributed by atoms with E-state index in [4.69, 9.17) is 0 Å². The Morgan fingerprint density at radius 2 is 1.91 bits per heavy atom. The fourth-order valence-electron chi connectivity index (χ4n) is 2.65. The van der Waals surface area contributed by atoms with Gasteiger partial charge >= 0.3 is 0 Å². The Morgan fingerprint density at radius 3 is 2.83 bits per heavy atom. The first kappa shape index (κ1) is 14.1. The zero-order chi connectivity index (χ0) is 15.6. The molecule has 0 bridgehead atoms. The number of hydrogen-bond acceptors (Lipinski definition) is 5. The molecule has 6 heteroatoms. The van der Waals surface area contributed by atoms with Crippen LogP contribution in [0, 0.1) is 0 Å². The summed E-state index contributed by atoms with van der Waals surface area (Å²) in [6, 6.07) is 14.8. The van der Waals surface area contributed by atoms with Gasteiger partial charge in [0.15, 0.2) is 11.2 Å². The number of thioether (sulfide) groups is 1. The first-order valence-electron chi connectivity index (χ1n) is 7.50. The maximum atomic E-state index is 4.39. The molecule has 4 aromatic rings. The van der Waals surface area contributed by atoms with Crippen LogP contribution in [0.15, 0.2) is 53.8 Å². The molecular formula is C17H15N5S. The van der Waals surface area contributed by atoms with E-state index in [-0.39, 0.29) is 0 Å². The summed E-state index contributed by atoms with van der Waals surface area (Å²) in [4.78, 5) is 8.68. The summed E-state index contributed by atoms with van der Waals surface area (Å²) in [6.45, 7) is 2.78. The Kier molecular flexibility index (Phi) is 3.67. The number of aromatic nitrogens is 5. The Balaban J connectivity index is 1.67. The van der Waals surface area contributed by atoms with E-state index in [0.717, 1.165) is 28.5 Å². The highest BCUT2D eigenvalue weighted by Crippen LogP contribution is 2.29. The van der Waals surface area contributed by atoms with Crippen molar-refractivity contribution in [1.82, 2.24) is 25.0 Å². The highest BCUT2D eigenvalue weighted by atomic mass is 32.2. The van der Waals surface area contributed by atoms with Gasteiger partial charge < -0.3 is 0 Å². The highest BCUT2D eigenvalue weighted by Gasteiger charge is 2.11. The van der Waals surface area contributed by atoms with Crippen LogP contribution in [-0.2, 0) is 12.3 Å². The summed E-state index contributed by atoms with van der Waals surface area (Å²) in [6.07, 6.45) is 1.59. The minimum atomic E-state index is 0.751. The van der Waals surface area contributed by atoms with E-state index >= 15 is 0 Å². The predicted molar refractivity (Wildman–Crippen MR) is 92.3 cm³/mol. The third kappa shape index (κ3) is 2.55. The summed E-state index contributed by atoms with van der Waals surface area (Å²) in [5.41, 5.74) is 2.87. The van der Waals surface area contributed by atoms with Gasteiger partial charge in [0.2, 0.25) is 0 Å². The van der Waals surface area contributed by atoms with Gasteiger partial charge in [0.1, 0.15) is 11.4 Å². The first-order valence-corrected chi connectivity index (χ1v) is 8.49. The van der Waals surface area contributed by atoms with Gasteiger partial charge in [-0.25, -0.2) is 14.6 Å². The molecule has 4 rings (SSSR count). The molecule has 5 nitrogen and oxygen atoms in total. The third-order valence-corrected chi connectivity index (χ3v) is 4.84. The highest BCUT2D eigenvalue weighted by molar-refractivity contribution is 7.98. The molecule has 0 unspecified atom stereocenters. The maximum absolute atomic E-state index is 4.39. The summed E-state index contributed by atoms with van der Waals surface area (Å²) in [5.74, 6) is 0.840. The van der Waals surface area contributed by atoms with Crippen LogP contribution in [0.1, 0.15) is 12.5 Å². The van der Waals surface area contributed by atoms with Crippen molar-refractivity contribution in [3.05, 3.63) is 54.4 Å². The molecule has 0 aliphatic rings. The third-order valence-electron chi connectivity index (χ3n) is 3.81. The van der Waals surface area contributed by atoms with Crippen LogP contribution in [0.2, 0.25) is 0 Å². The van der Waals surface area contributed by atoms with Crippen LogP contribution < -0.4 is 0 Å². The Morgan fingerprint density at radius 1 is 1.04 bits per heavy atom. The molecule has 0 saturated heterocycles. The van der Waals surface area contributed by atoms with Crippen molar-refractivity contribution in [3.8, 4) is 0 Å². The van der Waals surface area contributed by atoms with Gasteiger partial charge in [-0.1, -0.05) is 59.4 Å². The summed E-state index contributed by atoms with van der Waals surface area (Å²) in [7, 11) is 0. The maximum Gasteiger partial charge on any atom is 0.182 e.